The van der Waals surface area contributed by atoms with Crippen LogP contribution in [0.4, 0.5) is 28.9 Å². The number of hydrogen-bond donors (Lipinski definition) is 0. The maximum absolute atomic E-state index is 14.0. The smallest absolute Gasteiger partial charge is 0.277 e. The van der Waals surface area contributed by atoms with Crippen LogP contribution in [0.5, 0.6) is 0 Å². The number of para-hydroxylation sites is 1. The van der Waals surface area contributed by atoms with Crippen LogP contribution in [0.15, 0.2) is 76.5 Å². The van der Waals surface area contributed by atoms with Gasteiger partial charge in [-0.05, 0) is 47.7 Å². The molecular formula is C22H13F4N5OS. The molecule has 0 fully saturated rings. The van der Waals surface area contributed by atoms with Crippen LogP contribution in [0.2, 0.25) is 0 Å². The first-order valence-corrected chi connectivity index (χ1v) is 10.5. The van der Waals surface area contributed by atoms with Crippen molar-refractivity contribution in [3.8, 4) is 11.4 Å². The van der Waals surface area contributed by atoms with Crippen LogP contribution in [0.1, 0.15) is 5.56 Å². The summed E-state index contributed by atoms with van der Waals surface area (Å²) in [5, 5.41) is 11.7. The van der Waals surface area contributed by atoms with Gasteiger partial charge in [-0.2, -0.15) is 18.0 Å². The number of amides is 1. The third-order valence-electron chi connectivity index (χ3n) is 4.95. The number of halogens is 4. The highest BCUT2D eigenvalue weighted by atomic mass is 32.2. The predicted molar refractivity (Wildman–Crippen MR) is 112 cm³/mol. The second-order valence-corrected chi connectivity index (χ2v) is 8.19. The summed E-state index contributed by atoms with van der Waals surface area (Å²) in [5.74, 6) is -1.12. The molecule has 0 unspecified atom stereocenters. The lowest BCUT2D eigenvalue weighted by molar-refractivity contribution is -0.137. The zero-order valence-corrected chi connectivity index (χ0v) is 17.4. The third-order valence-corrected chi connectivity index (χ3v) is 6.08. The fraction of sp³-hybridized carbons (Fsp3) is 0.0909. The number of nitrogens with zero attached hydrogens (tertiary/aromatic N) is 5. The van der Waals surface area contributed by atoms with Crippen LogP contribution >= 0.6 is 11.8 Å². The van der Waals surface area contributed by atoms with E-state index >= 15 is 0 Å². The van der Waals surface area contributed by atoms with Crippen molar-refractivity contribution in [2.75, 3.05) is 4.90 Å². The van der Waals surface area contributed by atoms with Crippen LogP contribution in [0.3, 0.4) is 0 Å². The largest absolute Gasteiger partial charge is 0.416 e. The lowest BCUT2D eigenvalue weighted by Crippen LogP contribution is -2.32. The summed E-state index contributed by atoms with van der Waals surface area (Å²) in [6.07, 6.45) is -4.56. The molecule has 33 heavy (non-hydrogen) atoms. The summed E-state index contributed by atoms with van der Waals surface area (Å²) in [6.45, 7) is -0.407. The van der Waals surface area contributed by atoms with E-state index in [0.717, 1.165) is 21.8 Å². The van der Waals surface area contributed by atoms with Crippen LogP contribution in [-0.4, -0.2) is 26.1 Å². The average Bonchev–Trinajstić information content (AvgIpc) is 3.24. The number of alkyl halides is 3. The zero-order valence-electron chi connectivity index (χ0n) is 16.6. The van der Waals surface area contributed by atoms with E-state index in [1.54, 1.807) is 30.3 Å². The summed E-state index contributed by atoms with van der Waals surface area (Å²) in [4.78, 5) is 16.7. The lowest BCUT2D eigenvalue weighted by Gasteiger charge is -2.31. The van der Waals surface area contributed by atoms with Gasteiger partial charge in [0.15, 0.2) is 0 Å². The van der Waals surface area contributed by atoms with Crippen LogP contribution in [0.25, 0.3) is 11.4 Å². The van der Waals surface area contributed by atoms with Crippen LogP contribution < -0.4 is 4.90 Å². The summed E-state index contributed by atoms with van der Waals surface area (Å²) < 4.78 is 54.1. The number of anilines is 2. The molecule has 0 aliphatic carbocycles. The van der Waals surface area contributed by atoms with Crippen molar-refractivity contribution >= 4 is 29.0 Å². The summed E-state index contributed by atoms with van der Waals surface area (Å²) in [5.41, 5.74) is -0.169. The molecule has 166 valence electrons. The van der Waals surface area contributed by atoms with Gasteiger partial charge in [-0.3, -0.25) is 9.69 Å². The molecule has 0 atom stereocenters. The minimum atomic E-state index is -4.56. The molecule has 1 aliphatic rings. The number of carbonyl (C=O) groups is 1. The van der Waals surface area contributed by atoms with Crippen molar-refractivity contribution in [1.29, 1.82) is 0 Å². The Hall–Kier alpha value is -3.73. The van der Waals surface area contributed by atoms with Crippen LogP contribution in [0, 0.1) is 5.82 Å². The standard InChI is InChI=1S/C22H13F4N5OS/c23-15-6-2-1-5-14(15)21-27-29-30(28-21)12-20(32)31-16-7-3-4-8-18(16)33-19-10-9-13(11-17(19)31)22(24,25)26/h1-11H,12H2. The summed E-state index contributed by atoms with van der Waals surface area (Å²) in [7, 11) is 0. The molecule has 5 rings (SSSR count). The molecule has 2 heterocycles. The molecule has 0 spiro atoms. The molecule has 0 saturated heterocycles. The predicted octanol–water partition coefficient (Wildman–Crippen LogP) is 5.33. The highest BCUT2D eigenvalue weighted by Gasteiger charge is 2.35. The molecule has 3 aromatic carbocycles. The Morgan fingerprint density at radius 3 is 2.45 bits per heavy atom. The summed E-state index contributed by atoms with van der Waals surface area (Å²) in [6, 6.07) is 16.1. The van der Waals surface area contributed by atoms with Gasteiger partial charge >= 0.3 is 6.18 Å². The highest BCUT2D eigenvalue weighted by Crippen LogP contribution is 2.49. The Bertz CT molecular complexity index is 1370. The third kappa shape index (κ3) is 3.95. The number of rotatable bonds is 3. The molecule has 1 aliphatic heterocycles. The number of fused-ring (bicyclic) bond motifs is 2. The molecule has 11 heteroatoms. The molecule has 0 N–H and O–H groups in total. The van der Waals surface area contributed by atoms with Gasteiger partial charge in [-0.15, -0.1) is 10.2 Å². The normalized spacial score (nSPS) is 12.9. The Balaban J connectivity index is 1.51. The minimum Gasteiger partial charge on any atom is -0.277 e. The highest BCUT2D eigenvalue weighted by molar-refractivity contribution is 7.99. The molecule has 1 aromatic heterocycles. The van der Waals surface area contributed by atoms with Crippen molar-refractivity contribution in [1.82, 2.24) is 20.2 Å². The molecule has 0 saturated carbocycles. The van der Waals surface area contributed by atoms with Gasteiger partial charge in [-0.25, -0.2) is 4.39 Å². The van der Waals surface area contributed by atoms with E-state index < -0.39 is 30.0 Å². The Kier molecular flexibility index (Phi) is 5.12. The Morgan fingerprint density at radius 1 is 0.939 bits per heavy atom. The van der Waals surface area contributed by atoms with Gasteiger partial charge < -0.3 is 0 Å². The Morgan fingerprint density at radius 2 is 1.67 bits per heavy atom. The van der Waals surface area contributed by atoms with E-state index in [0.29, 0.717) is 10.6 Å². The fourth-order valence-electron chi connectivity index (χ4n) is 3.45. The van der Waals surface area contributed by atoms with E-state index in [4.69, 9.17) is 0 Å². The number of aromatic nitrogens is 4. The van der Waals surface area contributed by atoms with E-state index in [2.05, 4.69) is 15.4 Å². The molecule has 4 aromatic rings. The molecule has 1 amide bonds. The number of carbonyl (C=O) groups excluding carboxylic acids is 1. The van der Waals surface area contributed by atoms with E-state index in [1.807, 2.05) is 0 Å². The summed E-state index contributed by atoms with van der Waals surface area (Å²) >= 11 is 1.28. The molecular weight excluding hydrogens is 458 g/mol. The maximum Gasteiger partial charge on any atom is 0.416 e. The minimum absolute atomic E-state index is 0.00439. The average molecular weight is 471 g/mol. The first-order valence-electron chi connectivity index (χ1n) is 9.65. The van der Waals surface area contributed by atoms with Gasteiger partial charge in [-0.1, -0.05) is 36.0 Å². The van der Waals surface area contributed by atoms with Crippen molar-refractivity contribution in [3.05, 3.63) is 78.1 Å². The molecule has 6 nitrogen and oxygen atoms in total. The Labute approximate surface area is 188 Å². The maximum atomic E-state index is 14.0. The van der Waals surface area contributed by atoms with Crippen LogP contribution in [-0.2, 0) is 17.5 Å². The number of benzene rings is 3. The van der Waals surface area contributed by atoms with Gasteiger partial charge in [0.2, 0.25) is 5.82 Å². The van der Waals surface area contributed by atoms with Gasteiger partial charge in [0.1, 0.15) is 12.4 Å². The van der Waals surface area contributed by atoms with Crippen molar-refractivity contribution in [2.24, 2.45) is 0 Å². The topological polar surface area (TPSA) is 63.9 Å². The van der Waals surface area contributed by atoms with E-state index in [1.165, 1.54) is 40.9 Å². The first kappa shape index (κ1) is 21.1. The second kappa shape index (κ2) is 8.00. The first-order chi connectivity index (χ1) is 15.8. The zero-order chi connectivity index (χ0) is 23.2. The quantitative estimate of drug-likeness (QED) is 0.378. The SMILES string of the molecule is O=C(Cn1nnc(-c2ccccc2F)n1)N1c2ccccc2Sc2ccc(C(F)(F)F)cc21. The molecule has 0 bridgehead atoms. The van der Waals surface area contributed by atoms with E-state index in [-0.39, 0.29) is 17.1 Å². The number of hydrogen-bond acceptors (Lipinski definition) is 5. The second-order valence-electron chi connectivity index (χ2n) is 7.10. The van der Waals surface area contributed by atoms with Crippen molar-refractivity contribution in [2.45, 2.75) is 22.5 Å². The fourth-order valence-corrected chi connectivity index (χ4v) is 4.49. The lowest BCUT2D eigenvalue weighted by atomic mass is 10.1. The molecule has 0 radical (unpaired) electrons. The van der Waals surface area contributed by atoms with E-state index in [9.17, 15) is 22.4 Å². The van der Waals surface area contributed by atoms with Crippen molar-refractivity contribution in [3.63, 3.8) is 0 Å². The van der Waals surface area contributed by atoms with Gasteiger partial charge in [0, 0.05) is 9.79 Å². The monoisotopic (exact) mass is 471 g/mol. The van der Waals surface area contributed by atoms with Crippen molar-refractivity contribution < 1.29 is 22.4 Å². The van der Waals surface area contributed by atoms with Gasteiger partial charge in [0.05, 0.1) is 22.5 Å². The van der Waals surface area contributed by atoms with Gasteiger partial charge in [0.25, 0.3) is 5.91 Å². The number of tetrazole rings is 1.